The molecule has 2 fully saturated rings. The van der Waals surface area contributed by atoms with Crippen LogP contribution in [0.5, 0.6) is 0 Å². The molecule has 0 radical (unpaired) electrons. The third-order valence-corrected chi connectivity index (χ3v) is 6.15. The molecular formula is C20H29N5O2. The maximum absolute atomic E-state index is 13.1. The molecule has 1 aromatic rings. The summed E-state index contributed by atoms with van der Waals surface area (Å²) < 4.78 is 0. The Morgan fingerprint density at radius 2 is 1.70 bits per heavy atom. The minimum absolute atomic E-state index is 0.0189. The molecule has 146 valence electrons. The summed E-state index contributed by atoms with van der Waals surface area (Å²) in [6, 6.07) is 0. The molecule has 0 spiro atoms. The monoisotopic (exact) mass is 371 g/mol. The number of likely N-dealkylation sites (tertiary alicyclic amines) is 1. The van der Waals surface area contributed by atoms with Gasteiger partial charge in [-0.05, 0) is 25.7 Å². The molecule has 7 nitrogen and oxygen atoms in total. The van der Waals surface area contributed by atoms with Gasteiger partial charge in [-0.15, -0.1) is 0 Å². The molecule has 3 heterocycles. The van der Waals surface area contributed by atoms with Crippen LogP contribution in [-0.2, 0) is 17.8 Å². The number of amides is 2. The smallest absolute Gasteiger partial charge is 0.273 e. The summed E-state index contributed by atoms with van der Waals surface area (Å²) in [5.74, 6) is 0.867. The summed E-state index contributed by atoms with van der Waals surface area (Å²) in [4.78, 5) is 39.0. The summed E-state index contributed by atoms with van der Waals surface area (Å²) in [5.41, 5.74) is 2.23. The first kappa shape index (κ1) is 18.2. The van der Waals surface area contributed by atoms with Crippen LogP contribution in [0.2, 0.25) is 0 Å². The third-order valence-electron chi connectivity index (χ3n) is 6.15. The number of anilines is 1. The SMILES string of the molecule is CNc1nc2c(c(C(=O)N3CCCC3)n1)CN(C(=O)C1CCCCC1)CC2. The molecule has 1 saturated carbocycles. The number of fused-ring (bicyclic) bond motifs is 1. The normalized spacial score (nSPS) is 20.5. The van der Waals surface area contributed by atoms with Crippen molar-refractivity contribution in [2.75, 3.05) is 32.0 Å². The Balaban J connectivity index is 1.60. The highest BCUT2D eigenvalue weighted by molar-refractivity contribution is 5.94. The Morgan fingerprint density at radius 1 is 0.963 bits per heavy atom. The molecule has 0 bridgehead atoms. The van der Waals surface area contributed by atoms with Crippen molar-refractivity contribution in [2.45, 2.75) is 57.9 Å². The van der Waals surface area contributed by atoms with Gasteiger partial charge in [0.25, 0.3) is 5.91 Å². The van der Waals surface area contributed by atoms with E-state index in [1.54, 1.807) is 7.05 Å². The lowest BCUT2D eigenvalue weighted by molar-refractivity contribution is -0.137. The molecule has 1 aromatic heterocycles. The second-order valence-corrected chi connectivity index (χ2v) is 7.92. The fourth-order valence-corrected chi connectivity index (χ4v) is 4.57. The Bertz CT molecular complexity index is 723. The van der Waals surface area contributed by atoms with E-state index in [1.807, 2.05) is 9.80 Å². The van der Waals surface area contributed by atoms with E-state index < -0.39 is 0 Å². The van der Waals surface area contributed by atoms with E-state index in [4.69, 9.17) is 0 Å². The highest BCUT2D eigenvalue weighted by Gasteiger charge is 2.33. The first-order chi connectivity index (χ1) is 13.2. The molecule has 7 heteroatoms. The second kappa shape index (κ2) is 7.82. The van der Waals surface area contributed by atoms with Gasteiger partial charge in [0.2, 0.25) is 11.9 Å². The second-order valence-electron chi connectivity index (χ2n) is 7.92. The third kappa shape index (κ3) is 3.64. The average Bonchev–Trinajstić information content (AvgIpc) is 3.27. The molecule has 1 saturated heterocycles. The van der Waals surface area contributed by atoms with Gasteiger partial charge in [0.1, 0.15) is 5.69 Å². The Labute approximate surface area is 160 Å². The van der Waals surface area contributed by atoms with Gasteiger partial charge in [-0.3, -0.25) is 9.59 Å². The highest BCUT2D eigenvalue weighted by Crippen LogP contribution is 2.29. The summed E-state index contributed by atoms with van der Waals surface area (Å²) >= 11 is 0. The van der Waals surface area contributed by atoms with Crippen LogP contribution < -0.4 is 5.32 Å². The van der Waals surface area contributed by atoms with Gasteiger partial charge in [0, 0.05) is 51.1 Å². The van der Waals surface area contributed by atoms with Crippen LogP contribution in [0.25, 0.3) is 0 Å². The van der Waals surface area contributed by atoms with Crippen LogP contribution in [-0.4, -0.2) is 58.3 Å². The van der Waals surface area contributed by atoms with E-state index >= 15 is 0 Å². The number of aromatic nitrogens is 2. The quantitative estimate of drug-likeness (QED) is 0.881. The predicted octanol–water partition coefficient (Wildman–Crippen LogP) is 2.22. The van der Waals surface area contributed by atoms with Gasteiger partial charge in [-0.2, -0.15) is 0 Å². The fraction of sp³-hybridized carbons (Fsp3) is 0.700. The minimum Gasteiger partial charge on any atom is -0.357 e. The van der Waals surface area contributed by atoms with Crippen LogP contribution in [0.3, 0.4) is 0 Å². The summed E-state index contributed by atoms with van der Waals surface area (Å²) in [5, 5.41) is 2.98. The predicted molar refractivity (Wildman–Crippen MR) is 102 cm³/mol. The number of rotatable bonds is 3. The molecule has 0 atom stereocenters. The first-order valence-corrected chi connectivity index (χ1v) is 10.3. The average molecular weight is 371 g/mol. The van der Waals surface area contributed by atoms with Gasteiger partial charge in [0.15, 0.2) is 0 Å². The van der Waals surface area contributed by atoms with Crippen molar-refractivity contribution >= 4 is 17.8 Å². The summed E-state index contributed by atoms with van der Waals surface area (Å²) in [7, 11) is 1.77. The fourth-order valence-electron chi connectivity index (χ4n) is 4.57. The van der Waals surface area contributed by atoms with Crippen molar-refractivity contribution in [3.8, 4) is 0 Å². The molecule has 0 aromatic carbocycles. The van der Waals surface area contributed by atoms with Gasteiger partial charge in [-0.1, -0.05) is 19.3 Å². The van der Waals surface area contributed by atoms with Crippen LogP contribution in [0.1, 0.15) is 66.7 Å². The molecule has 2 aliphatic heterocycles. The molecule has 3 aliphatic rings. The van der Waals surface area contributed by atoms with Crippen LogP contribution >= 0.6 is 0 Å². The number of carbonyl (C=O) groups is 2. The van der Waals surface area contributed by atoms with Crippen molar-refractivity contribution < 1.29 is 9.59 Å². The van der Waals surface area contributed by atoms with Crippen molar-refractivity contribution in [1.29, 1.82) is 0 Å². The standard InChI is InChI=1S/C20H29N5O2/c1-21-20-22-16-9-12-25(18(26)14-7-3-2-4-8-14)13-15(16)17(23-20)19(27)24-10-5-6-11-24/h14H,2-13H2,1H3,(H,21,22,23). The Kier molecular flexibility index (Phi) is 5.27. The minimum atomic E-state index is -0.0189. The van der Waals surface area contributed by atoms with Crippen molar-refractivity contribution in [3.05, 3.63) is 17.0 Å². The van der Waals surface area contributed by atoms with Gasteiger partial charge < -0.3 is 15.1 Å². The number of hydrogen-bond acceptors (Lipinski definition) is 5. The lowest BCUT2D eigenvalue weighted by atomic mass is 9.87. The van der Waals surface area contributed by atoms with E-state index in [1.165, 1.54) is 6.42 Å². The molecule has 1 aliphatic carbocycles. The zero-order valence-electron chi connectivity index (χ0n) is 16.2. The molecule has 2 amide bonds. The molecular weight excluding hydrogens is 342 g/mol. The molecule has 0 unspecified atom stereocenters. The van der Waals surface area contributed by atoms with Crippen LogP contribution in [0.4, 0.5) is 5.95 Å². The zero-order valence-corrected chi connectivity index (χ0v) is 16.2. The molecule has 1 N–H and O–H groups in total. The van der Waals surface area contributed by atoms with Crippen molar-refractivity contribution in [3.63, 3.8) is 0 Å². The topological polar surface area (TPSA) is 78.4 Å². The van der Waals surface area contributed by atoms with Gasteiger partial charge in [0.05, 0.1) is 5.69 Å². The Hall–Kier alpha value is -2.18. The summed E-state index contributed by atoms with van der Waals surface area (Å²) in [6.07, 6.45) is 8.30. The van der Waals surface area contributed by atoms with Crippen LogP contribution in [0, 0.1) is 5.92 Å². The largest absolute Gasteiger partial charge is 0.357 e. The number of hydrogen-bond donors (Lipinski definition) is 1. The highest BCUT2D eigenvalue weighted by atomic mass is 16.2. The van der Waals surface area contributed by atoms with E-state index in [-0.39, 0.29) is 17.7 Å². The van der Waals surface area contributed by atoms with Gasteiger partial charge >= 0.3 is 0 Å². The Morgan fingerprint density at radius 3 is 2.41 bits per heavy atom. The number of carbonyl (C=O) groups excluding carboxylic acids is 2. The first-order valence-electron chi connectivity index (χ1n) is 10.3. The van der Waals surface area contributed by atoms with Crippen LogP contribution in [0.15, 0.2) is 0 Å². The number of nitrogens with one attached hydrogen (secondary N) is 1. The van der Waals surface area contributed by atoms with Gasteiger partial charge in [-0.25, -0.2) is 9.97 Å². The van der Waals surface area contributed by atoms with E-state index in [2.05, 4.69) is 15.3 Å². The lowest BCUT2D eigenvalue weighted by Crippen LogP contribution is -2.42. The zero-order chi connectivity index (χ0) is 18.8. The van der Waals surface area contributed by atoms with E-state index in [9.17, 15) is 9.59 Å². The van der Waals surface area contributed by atoms with Crippen molar-refractivity contribution in [1.82, 2.24) is 19.8 Å². The lowest BCUT2D eigenvalue weighted by Gasteiger charge is -2.33. The maximum atomic E-state index is 13.1. The summed E-state index contributed by atoms with van der Waals surface area (Å²) in [6.45, 7) is 2.72. The molecule has 4 rings (SSSR count). The number of nitrogens with zero attached hydrogens (tertiary/aromatic N) is 4. The van der Waals surface area contributed by atoms with E-state index in [0.717, 1.165) is 62.9 Å². The molecule has 27 heavy (non-hydrogen) atoms. The van der Waals surface area contributed by atoms with Crippen molar-refractivity contribution in [2.24, 2.45) is 5.92 Å². The maximum Gasteiger partial charge on any atom is 0.273 e. The van der Waals surface area contributed by atoms with E-state index in [0.29, 0.717) is 31.2 Å².